The van der Waals surface area contributed by atoms with Gasteiger partial charge in [0.05, 0.1) is 0 Å². The van der Waals surface area contributed by atoms with E-state index in [1.807, 2.05) is 17.8 Å². The topological polar surface area (TPSA) is 38.1 Å². The fraction of sp³-hybridized carbons (Fsp3) is 0.700. The predicted molar refractivity (Wildman–Crippen MR) is 52.2 cm³/mol. The number of hydrogen-bond donors (Lipinski definition) is 1. The van der Waals surface area contributed by atoms with Crippen LogP contribution in [-0.4, -0.2) is 14.7 Å². The molecule has 1 atom stereocenters. The zero-order chi connectivity index (χ0) is 9.84. The number of rotatable bonds is 4. The number of imidazole rings is 1. The van der Waals surface area contributed by atoms with Gasteiger partial charge < -0.3 is 9.67 Å². The minimum atomic E-state index is -0.421. The number of aromatic nitrogens is 2. The number of nitrogens with zero attached hydrogens (tertiary/aromatic N) is 2. The van der Waals surface area contributed by atoms with E-state index in [1.165, 1.54) is 0 Å². The van der Waals surface area contributed by atoms with Gasteiger partial charge in [-0.15, -0.1) is 0 Å². The molecule has 13 heavy (non-hydrogen) atoms. The molecule has 3 nitrogen and oxygen atoms in total. The van der Waals surface area contributed by atoms with Crippen LogP contribution in [0.1, 0.15) is 38.6 Å². The molecule has 1 unspecified atom stereocenters. The van der Waals surface area contributed by atoms with Crippen molar-refractivity contribution >= 4 is 0 Å². The first kappa shape index (κ1) is 10.3. The van der Waals surface area contributed by atoms with Crippen LogP contribution in [0.3, 0.4) is 0 Å². The van der Waals surface area contributed by atoms with E-state index in [2.05, 4.69) is 18.8 Å². The van der Waals surface area contributed by atoms with Gasteiger partial charge in [0.25, 0.3) is 0 Å². The van der Waals surface area contributed by atoms with Gasteiger partial charge in [-0.3, -0.25) is 0 Å². The zero-order valence-electron chi connectivity index (χ0n) is 8.57. The van der Waals surface area contributed by atoms with Crippen molar-refractivity contribution < 1.29 is 5.11 Å². The molecule has 0 radical (unpaired) electrons. The second-order valence-corrected chi connectivity index (χ2v) is 3.42. The molecule has 1 rings (SSSR count). The Balaban J connectivity index is 2.77. The Hall–Kier alpha value is -0.830. The molecule has 0 saturated heterocycles. The fourth-order valence-electron chi connectivity index (χ4n) is 1.61. The van der Waals surface area contributed by atoms with E-state index in [0.29, 0.717) is 5.92 Å². The zero-order valence-corrected chi connectivity index (χ0v) is 8.57. The molecule has 0 saturated carbocycles. The average Bonchev–Trinajstić information content (AvgIpc) is 2.53. The second kappa shape index (κ2) is 4.42. The van der Waals surface area contributed by atoms with Crippen molar-refractivity contribution in [2.24, 2.45) is 13.0 Å². The molecule has 3 heteroatoms. The Morgan fingerprint density at radius 1 is 1.46 bits per heavy atom. The Morgan fingerprint density at radius 2 is 2.08 bits per heavy atom. The summed E-state index contributed by atoms with van der Waals surface area (Å²) in [6.45, 7) is 4.20. The molecule has 1 aromatic heterocycles. The summed E-state index contributed by atoms with van der Waals surface area (Å²) in [6.07, 6.45) is 5.15. The van der Waals surface area contributed by atoms with Gasteiger partial charge in [-0.25, -0.2) is 4.98 Å². The fourth-order valence-corrected chi connectivity index (χ4v) is 1.61. The summed E-state index contributed by atoms with van der Waals surface area (Å²) in [5.74, 6) is 1.09. The van der Waals surface area contributed by atoms with Crippen LogP contribution in [0.4, 0.5) is 0 Å². The molecule has 0 spiro atoms. The highest BCUT2D eigenvalue weighted by Gasteiger charge is 2.20. The van der Waals surface area contributed by atoms with Crippen molar-refractivity contribution in [2.45, 2.75) is 32.8 Å². The molecule has 0 aliphatic rings. The van der Waals surface area contributed by atoms with Crippen LogP contribution in [0.25, 0.3) is 0 Å². The molecule has 1 N–H and O–H groups in total. The smallest absolute Gasteiger partial charge is 0.137 e. The van der Waals surface area contributed by atoms with E-state index in [1.54, 1.807) is 6.20 Å². The summed E-state index contributed by atoms with van der Waals surface area (Å²) in [7, 11) is 1.91. The first-order valence-corrected chi connectivity index (χ1v) is 4.86. The normalized spacial score (nSPS) is 13.6. The van der Waals surface area contributed by atoms with Crippen LogP contribution < -0.4 is 0 Å². The average molecular weight is 182 g/mol. The second-order valence-electron chi connectivity index (χ2n) is 3.42. The maximum atomic E-state index is 9.97. The van der Waals surface area contributed by atoms with Gasteiger partial charge >= 0.3 is 0 Å². The highest BCUT2D eigenvalue weighted by Crippen LogP contribution is 2.25. The Labute approximate surface area is 79.4 Å². The quantitative estimate of drug-likeness (QED) is 0.772. The molecule has 0 fully saturated rings. The molecule has 1 aromatic rings. The number of aliphatic hydroxyl groups is 1. The molecule has 0 aliphatic carbocycles. The SMILES string of the molecule is CCC(CC)C(O)c1nccn1C. The van der Waals surface area contributed by atoms with Gasteiger partial charge in [-0.2, -0.15) is 0 Å². The van der Waals surface area contributed by atoms with E-state index >= 15 is 0 Å². The van der Waals surface area contributed by atoms with Crippen LogP contribution in [0, 0.1) is 5.92 Å². The summed E-state index contributed by atoms with van der Waals surface area (Å²) >= 11 is 0. The van der Waals surface area contributed by atoms with Gasteiger partial charge in [0, 0.05) is 19.4 Å². The van der Waals surface area contributed by atoms with Gasteiger partial charge in [0.2, 0.25) is 0 Å². The Bertz CT molecular complexity index is 253. The molecule has 0 aliphatic heterocycles. The first-order chi connectivity index (χ1) is 6.20. The van der Waals surface area contributed by atoms with E-state index in [-0.39, 0.29) is 0 Å². The largest absolute Gasteiger partial charge is 0.385 e. The first-order valence-electron chi connectivity index (χ1n) is 4.86. The van der Waals surface area contributed by atoms with Crippen molar-refractivity contribution in [3.8, 4) is 0 Å². The number of aliphatic hydroxyl groups excluding tert-OH is 1. The summed E-state index contributed by atoms with van der Waals surface area (Å²) in [4.78, 5) is 4.15. The summed E-state index contributed by atoms with van der Waals surface area (Å²) in [5, 5.41) is 9.97. The minimum absolute atomic E-state index is 0.320. The van der Waals surface area contributed by atoms with Crippen molar-refractivity contribution in [3.05, 3.63) is 18.2 Å². The lowest BCUT2D eigenvalue weighted by molar-refractivity contribution is 0.0921. The third kappa shape index (κ3) is 2.10. The van der Waals surface area contributed by atoms with Crippen LogP contribution in [0.15, 0.2) is 12.4 Å². The summed E-state index contributed by atoms with van der Waals surface area (Å²) in [5.41, 5.74) is 0. The van der Waals surface area contributed by atoms with Crippen molar-refractivity contribution in [1.29, 1.82) is 0 Å². The van der Waals surface area contributed by atoms with E-state index < -0.39 is 6.10 Å². The Kier molecular flexibility index (Phi) is 3.48. The molecule has 0 aromatic carbocycles. The van der Waals surface area contributed by atoms with Crippen LogP contribution >= 0.6 is 0 Å². The predicted octanol–water partition coefficient (Wildman–Crippen LogP) is 1.89. The molecule has 1 heterocycles. The standard InChI is InChI=1S/C10H18N2O/c1-4-8(5-2)9(13)10-11-6-7-12(10)3/h6-9,13H,4-5H2,1-3H3. The third-order valence-corrected chi connectivity index (χ3v) is 2.62. The molecule has 0 amide bonds. The van der Waals surface area contributed by atoms with Gasteiger partial charge in [-0.1, -0.05) is 26.7 Å². The van der Waals surface area contributed by atoms with Gasteiger partial charge in [-0.05, 0) is 5.92 Å². The van der Waals surface area contributed by atoms with Crippen molar-refractivity contribution in [3.63, 3.8) is 0 Å². The summed E-state index contributed by atoms with van der Waals surface area (Å²) in [6, 6.07) is 0. The minimum Gasteiger partial charge on any atom is -0.385 e. The van der Waals surface area contributed by atoms with Crippen LogP contribution in [0.2, 0.25) is 0 Å². The maximum absolute atomic E-state index is 9.97. The van der Waals surface area contributed by atoms with Crippen molar-refractivity contribution in [2.75, 3.05) is 0 Å². The van der Waals surface area contributed by atoms with Gasteiger partial charge in [0.15, 0.2) is 0 Å². The highest BCUT2D eigenvalue weighted by atomic mass is 16.3. The lowest BCUT2D eigenvalue weighted by Crippen LogP contribution is -2.15. The molecular weight excluding hydrogens is 164 g/mol. The maximum Gasteiger partial charge on any atom is 0.137 e. The van der Waals surface area contributed by atoms with Crippen LogP contribution in [-0.2, 0) is 7.05 Å². The van der Waals surface area contributed by atoms with Crippen LogP contribution in [0.5, 0.6) is 0 Å². The highest BCUT2D eigenvalue weighted by molar-refractivity contribution is 4.97. The molecule has 74 valence electrons. The van der Waals surface area contributed by atoms with E-state index in [4.69, 9.17) is 0 Å². The van der Waals surface area contributed by atoms with Gasteiger partial charge in [0.1, 0.15) is 11.9 Å². The molecular formula is C10H18N2O. The number of aryl methyl sites for hydroxylation is 1. The lowest BCUT2D eigenvalue weighted by atomic mass is 9.96. The Morgan fingerprint density at radius 3 is 2.46 bits per heavy atom. The lowest BCUT2D eigenvalue weighted by Gasteiger charge is -2.19. The summed E-state index contributed by atoms with van der Waals surface area (Å²) < 4.78 is 1.88. The van der Waals surface area contributed by atoms with E-state index in [0.717, 1.165) is 18.7 Å². The third-order valence-electron chi connectivity index (χ3n) is 2.62. The van der Waals surface area contributed by atoms with Crippen molar-refractivity contribution in [1.82, 2.24) is 9.55 Å². The number of hydrogen-bond acceptors (Lipinski definition) is 2. The monoisotopic (exact) mass is 182 g/mol. The van der Waals surface area contributed by atoms with E-state index in [9.17, 15) is 5.11 Å². The molecule has 0 bridgehead atoms.